The Balaban J connectivity index is 0.00000208. The van der Waals surface area contributed by atoms with E-state index >= 15 is 0 Å². The minimum atomic E-state index is -0.294. The molecule has 2 fully saturated rings. The highest BCUT2D eigenvalue weighted by Gasteiger charge is 2.26. The first kappa shape index (κ1) is 19.6. The summed E-state index contributed by atoms with van der Waals surface area (Å²) in [5.41, 5.74) is 0.475. The fourth-order valence-electron chi connectivity index (χ4n) is 3.58. The maximum Gasteiger partial charge on any atom is 0.357 e. The van der Waals surface area contributed by atoms with Gasteiger partial charge in [0.05, 0.1) is 11.6 Å². The summed E-state index contributed by atoms with van der Waals surface area (Å²) < 4.78 is 5.02. The molecule has 1 atom stereocenters. The fraction of sp³-hybridized carbons (Fsp3) is 0.765. The van der Waals surface area contributed by atoms with Crippen LogP contribution in [0, 0.1) is 5.92 Å². The van der Waals surface area contributed by atoms with Crippen LogP contribution >= 0.6 is 23.7 Å². The van der Waals surface area contributed by atoms with Crippen LogP contribution in [-0.2, 0) is 4.74 Å². The summed E-state index contributed by atoms with van der Waals surface area (Å²) >= 11 is 1.61. The lowest BCUT2D eigenvalue weighted by Crippen LogP contribution is -2.41. The van der Waals surface area contributed by atoms with Crippen LogP contribution in [0.3, 0.4) is 0 Å². The zero-order chi connectivity index (χ0) is 16.1. The van der Waals surface area contributed by atoms with E-state index in [9.17, 15) is 4.79 Å². The molecule has 1 unspecified atom stereocenters. The molecule has 5 nitrogen and oxygen atoms in total. The monoisotopic (exact) mass is 373 g/mol. The van der Waals surface area contributed by atoms with Crippen molar-refractivity contribution in [2.75, 3.05) is 39.3 Å². The predicted molar refractivity (Wildman–Crippen MR) is 99.3 cm³/mol. The maximum atomic E-state index is 11.7. The van der Waals surface area contributed by atoms with Crippen molar-refractivity contribution in [3.05, 3.63) is 16.1 Å². The molecule has 2 aliphatic heterocycles. The molecular weight excluding hydrogens is 346 g/mol. The van der Waals surface area contributed by atoms with Gasteiger partial charge in [-0.1, -0.05) is 0 Å². The van der Waals surface area contributed by atoms with E-state index in [1.807, 2.05) is 12.3 Å². The van der Waals surface area contributed by atoms with E-state index in [0.717, 1.165) is 36.9 Å². The van der Waals surface area contributed by atoms with Gasteiger partial charge in [0.1, 0.15) is 0 Å². The molecule has 2 saturated heterocycles. The number of ether oxygens (including phenoxy) is 1. The summed E-state index contributed by atoms with van der Waals surface area (Å²) in [6.45, 7) is 8.11. The number of hydrogen-bond acceptors (Lipinski definition) is 6. The van der Waals surface area contributed by atoms with Crippen LogP contribution in [0.25, 0.3) is 0 Å². The summed E-state index contributed by atoms with van der Waals surface area (Å²) in [5.74, 6) is 1.02. The number of hydrogen-bond donors (Lipinski definition) is 1. The van der Waals surface area contributed by atoms with Gasteiger partial charge in [0.15, 0.2) is 5.69 Å². The van der Waals surface area contributed by atoms with Crippen molar-refractivity contribution in [3.8, 4) is 0 Å². The Hall–Kier alpha value is -0.690. The second kappa shape index (κ2) is 9.70. The number of aromatic nitrogens is 1. The average Bonchev–Trinajstić information content (AvgIpc) is 3.07. The standard InChI is InChI=1S/C17H27N3O2S.ClH/c1-2-22-17(21)15-12-23-16(19-15)14-5-8-20(9-6-14)11-13-4-3-7-18-10-13;/h12-14,18H,2-11H2,1H3;1H. The lowest BCUT2D eigenvalue weighted by Gasteiger charge is -2.34. The maximum absolute atomic E-state index is 11.7. The van der Waals surface area contributed by atoms with E-state index in [1.165, 1.54) is 32.5 Å². The quantitative estimate of drug-likeness (QED) is 0.804. The number of halogens is 1. The SMILES string of the molecule is CCOC(=O)c1csc(C2CCN(CC3CCCNC3)CC2)n1.Cl. The Bertz CT molecular complexity index is 512. The van der Waals surface area contributed by atoms with E-state index in [2.05, 4.69) is 15.2 Å². The molecular formula is C17H28ClN3O2S. The molecule has 0 saturated carbocycles. The number of likely N-dealkylation sites (tertiary alicyclic amines) is 1. The molecule has 1 N–H and O–H groups in total. The van der Waals surface area contributed by atoms with Crippen molar-refractivity contribution in [2.24, 2.45) is 5.92 Å². The molecule has 1 aromatic rings. The molecule has 3 heterocycles. The van der Waals surface area contributed by atoms with Gasteiger partial charge in [0, 0.05) is 17.8 Å². The van der Waals surface area contributed by atoms with Gasteiger partial charge in [-0.15, -0.1) is 23.7 Å². The van der Waals surface area contributed by atoms with Crippen molar-refractivity contribution < 1.29 is 9.53 Å². The van der Waals surface area contributed by atoms with Gasteiger partial charge >= 0.3 is 5.97 Å². The number of carbonyl (C=O) groups excluding carboxylic acids is 1. The van der Waals surface area contributed by atoms with Gasteiger partial charge < -0.3 is 15.0 Å². The van der Waals surface area contributed by atoms with Crippen molar-refractivity contribution in [1.29, 1.82) is 0 Å². The van der Waals surface area contributed by atoms with Gasteiger partial charge in [-0.3, -0.25) is 0 Å². The second-order valence-corrected chi connectivity index (χ2v) is 7.47. The fourth-order valence-corrected chi connectivity index (χ4v) is 4.54. The smallest absolute Gasteiger partial charge is 0.357 e. The topological polar surface area (TPSA) is 54.5 Å². The number of nitrogens with zero attached hydrogens (tertiary/aromatic N) is 2. The van der Waals surface area contributed by atoms with Crippen LogP contribution in [0.5, 0.6) is 0 Å². The molecule has 136 valence electrons. The molecule has 0 aliphatic carbocycles. The van der Waals surface area contributed by atoms with Gasteiger partial charge in [-0.05, 0) is 64.7 Å². The van der Waals surface area contributed by atoms with Crippen LogP contribution in [0.1, 0.15) is 54.0 Å². The molecule has 2 aliphatic rings. The first-order chi connectivity index (χ1) is 11.3. The highest BCUT2D eigenvalue weighted by Crippen LogP contribution is 2.31. The Morgan fingerprint density at radius 3 is 2.88 bits per heavy atom. The van der Waals surface area contributed by atoms with Gasteiger partial charge in [0.2, 0.25) is 0 Å². The van der Waals surface area contributed by atoms with Crippen molar-refractivity contribution in [2.45, 2.75) is 38.5 Å². The van der Waals surface area contributed by atoms with Crippen molar-refractivity contribution in [1.82, 2.24) is 15.2 Å². The van der Waals surface area contributed by atoms with E-state index in [0.29, 0.717) is 18.2 Å². The zero-order valence-corrected chi connectivity index (χ0v) is 16.0. The Labute approximate surface area is 154 Å². The Morgan fingerprint density at radius 1 is 1.42 bits per heavy atom. The number of esters is 1. The van der Waals surface area contributed by atoms with E-state index < -0.39 is 0 Å². The van der Waals surface area contributed by atoms with Crippen LogP contribution in [0.15, 0.2) is 5.38 Å². The summed E-state index contributed by atoms with van der Waals surface area (Å²) in [4.78, 5) is 18.8. The highest BCUT2D eigenvalue weighted by molar-refractivity contribution is 7.09. The number of nitrogens with one attached hydrogen (secondary N) is 1. The number of carbonyl (C=O) groups is 1. The second-order valence-electron chi connectivity index (χ2n) is 6.58. The molecule has 0 spiro atoms. The molecule has 7 heteroatoms. The number of rotatable bonds is 5. The predicted octanol–water partition coefficient (Wildman–Crippen LogP) is 2.92. The molecule has 0 aromatic carbocycles. The lowest BCUT2D eigenvalue weighted by molar-refractivity contribution is 0.0520. The summed E-state index contributed by atoms with van der Waals surface area (Å²) in [6, 6.07) is 0. The molecule has 0 radical (unpaired) electrons. The lowest BCUT2D eigenvalue weighted by atomic mass is 9.94. The average molecular weight is 374 g/mol. The third-order valence-electron chi connectivity index (χ3n) is 4.86. The largest absolute Gasteiger partial charge is 0.461 e. The van der Waals surface area contributed by atoms with Crippen LogP contribution in [0.4, 0.5) is 0 Å². The van der Waals surface area contributed by atoms with Gasteiger partial charge in [-0.2, -0.15) is 0 Å². The Kier molecular flexibility index (Phi) is 7.94. The summed E-state index contributed by atoms with van der Waals surface area (Å²) in [7, 11) is 0. The van der Waals surface area contributed by atoms with Gasteiger partial charge in [0.25, 0.3) is 0 Å². The first-order valence-electron chi connectivity index (χ1n) is 8.82. The minimum Gasteiger partial charge on any atom is -0.461 e. The number of piperidine rings is 2. The normalized spacial score (nSPS) is 22.8. The van der Waals surface area contributed by atoms with E-state index in [1.54, 1.807) is 11.3 Å². The molecule has 1 aromatic heterocycles. The molecule has 0 bridgehead atoms. The Morgan fingerprint density at radius 2 is 2.21 bits per heavy atom. The minimum absolute atomic E-state index is 0. The van der Waals surface area contributed by atoms with Gasteiger partial charge in [-0.25, -0.2) is 9.78 Å². The molecule has 24 heavy (non-hydrogen) atoms. The van der Waals surface area contributed by atoms with Crippen LogP contribution in [-0.4, -0.2) is 55.2 Å². The van der Waals surface area contributed by atoms with E-state index in [-0.39, 0.29) is 18.4 Å². The van der Waals surface area contributed by atoms with Crippen LogP contribution in [0.2, 0.25) is 0 Å². The first-order valence-corrected chi connectivity index (χ1v) is 9.70. The highest BCUT2D eigenvalue weighted by atomic mass is 35.5. The molecule has 0 amide bonds. The zero-order valence-electron chi connectivity index (χ0n) is 14.3. The summed E-state index contributed by atoms with van der Waals surface area (Å²) in [6.07, 6.45) is 4.98. The van der Waals surface area contributed by atoms with Crippen LogP contribution < -0.4 is 5.32 Å². The van der Waals surface area contributed by atoms with Crippen molar-refractivity contribution >= 4 is 29.7 Å². The van der Waals surface area contributed by atoms with E-state index in [4.69, 9.17) is 4.74 Å². The third kappa shape index (κ3) is 5.15. The number of thiazole rings is 1. The third-order valence-corrected chi connectivity index (χ3v) is 5.87. The molecule has 3 rings (SSSR count). The van der Waals surface area contributed by atoms with Crippen molar-refractivity contribution in [3.63, 3.8) is 0 Å². The summed E-state index contributed by atoms with van der Waals surface area (Å²) in [5, 5.41) is 6.45.